The van der Waals surface area contributed by atoms with Crippen molar-refractivity contribution in [3.05, 3.63) is 76.8 Å². The Labute approximate surface area is 374 Å². The molecule has 0 fully saturated rings. The molecule has 0 radical (unpaired) electrons. The van der Waals surface area contributed by atoms with E-state index in [0.717, 1.165) is 49.7 Å². The summed E-state index contributed by atoms with van der Waals surface area (Å²) in [6.07, 6.45) is 26.1. The maximum absolute atomic E-state index is 13.7. The lowest BCUT2D eigenvalue weighted by atomic mass is 9.89. The van der Waals surface area contributed by atoms with Gasteiger partial charge >= 0.3 is 0 Å². The van der Waals surface area contributed by atoms with E-state index in [1.54, 1.807) is 45.0 Å². The molecule has 0 atom stereocenters. The Kier molecular flexibility index (Phi) is 22.9. The molecular weight excluding hydrogens is 826 g/mol. The first-order valence-electron chi connectivity index (χ1n) is 23.0. The minimum absolute atomic E-state index is 0.000581. The number of aryl methyl sites for hydroxylation is 2. The molecule has 3 aromatic carbocycles. The number of hydrogen-bond donors (Lipinski definition) is 3. The summed E-state index contributed by atoms with van der Waals surface area (Å²) in [5.41, 5.74) is 1.05. The van der Waals surface area contributed by atoms with E-state index in [9.17, 15) is 26.4 Å². The number of carbonyl (C=O) groups is 2. The van der Waals surface area contributed by atoms with Crippen LogP contribution in [0.15, 0.2) is 70.5 Å². The third kappa shape index (κ3) is 19.7. The van der Waals surface area contributed by atoms with E-state index >= 15 is 0 Å². The second-order valence-corrected chi connectivity index (χ2v) is 21.4. The highest BCUT2D eigenvalue weighted by molar-refractivity contribution is 7.93. The third-order valence-electron chi connectivity index (χ3n) is 11.1. The summed E-state index contributed by atoms with van der Waals surface area (Å²) in [6, 6.07) is 16.0. The van der Waals surface area contributed by atoms with Gasteiger partial charge in [0.2, 0.25) is 5.91 Å². The second-order valence-electron chi connectivity index (χ2n) is 17.6. The topological polar surface area (TPSA) is 139 Å². The number of halogens is 1. The fourth-order valence-electron chi connectivity index (χ4n) is 7.18. The number of hydrogen-bond acceptors (Lipinski definition) is 6. The van der Waals surface area contributed by atoms with Crippen molar-refractivity contribution in [2.75, 3.05) is 14.8 Å². The highest BCUT2D eigenvalue weighted by Crippen LogP contribution is 2.37. The molecule has 0 unspecified atom stereocenters. The summed E-state index contributed by atoms with van der Waals surface area (Å²) in [7, 11) is -8.34. The number of unbranched alkanes of at least 4 members (excludes halogenated alkanes) is 18. The van der Waals surface area contributed by atoms with Crippen molar-refractivity contribution in [3.8, 4) is 0 Å². The smallest absolute Gasteiger partial charge is 0.261 e. The normalized spacial score (nSPS) is 12.0. The van der Waals surface area contributed by atoms with E-state index in [1.165, 1.54) is 127 Å². The SMILES string of the molecule is CCCCCCCCCCCCc1ccc(S(=O)(=O)Nc2cc(NC(=O)CC(=O)C(C)(C)C)c(Cl)c(NS(=O)(=O)c3ccc(CCCCCCCCCCCC)cc3)c2)cc1. The van der Waals surface area contributed by atoms with Crippen LogP contribution in [0.3, 0.4) is 0 Å². The number of Topliss-reactive ketones (excluding diaryl/α,β-unsaturated/α-hetero) is 1. The standard InChI is InChI=1S/C49H74ClN3O6S2/c1-6-8-10-12-14-16-18-20-22-24-26-39-28-32-42(33-29-39)60(56,57)52-41-36-44(51-47(55)38-46(54)49(3,4)5)48(50)45(37-41)53-61(58,59)43-34-30-40(31-35-43)27-25-23-21-19-17-15-13-11-9-7-2/h28-37,52-53H,6-27,38H2,1-5H3,(H,51,55). The quantitative estimate of drug-likeness (QED) is 0.0434. The van der Waals surface area contributed by atoms with Crippen molar-refractivity contribution in [2.24, 2.45) is 5.41 Å². The molecule has 0 saturated heterocycles. The van der Waals surface area contributed by atoms with Gasteiger partial charge in [0.1, 0.15) is 5.78 Å². The summed E-state index contributed by atoms with van der Waals surface area (Å²) < 4.78 is 59.7. The summed E-state index contributed by atoms with van der Waals surface area (Å²) in [5, 5.41) is 2.42. The maximum Gasteiger partial charge on any atom is 0.261 e. The first-order chi connectivity index (χ1) is 29.1. The number of rotatable bonds is 31. The molecule has 9 nitrogen and oxygen atoms in total. The lowest BCUT2D eigenvalue weighted by Crippen LogP contribution is -2.26. The Bertz CT molecular complexity index is 1990. The van der Waals surface area contributed by atoms with Crippen LogP contribution in [-0.4, -0.2) is 28.5 Å². The average Bonchev–Trinajstić information content (AvgIpc) is 3.20. The molecular formula is C49H74ClN3O6S2. The number of carbonyl (C=O) groups excluding carboxylic acids is 2. The van der Waals surface area contributed by atoms with E-state index < -0.39 is 37.8 Å². The molecule has 3 aromatic rings. The van der Waals surface area contributed by atoms with Crippen LogP contribution in [0.4, 0.5) is 17.1 Å². The van der Waals surface area contributed by atoms with Crippen LogP contribution >= 0.6 is 11.6 Å². The molecule has 340 valence electrons. The first-order valence-corrected chi connectivity index (χ1v) is 26.3. The number of benzene rings is 3. The van der Waals surface area contributed by atoms with Gasteiger partial charge in [-0.05, 0) is 73.2 Å². The van der Waals surface area contributed by atoms with Crippen LogP contribution in [0.5, 0.6) is 0 Å². The summed E-state index contributed by atoms with van der Waals surface area (Å²) in [4.78, 5) is 25.7. The van der Waals surface area contributed by atoms with Gasteiger partial charge in [-0.15, -0.1) is 0 Å². The molecule has 61 heavy (non-hydrogen) atoms. The molecule has 0 spiro atoms. The monoisotopic (exact) mass is 899 g/mol. The minimum atomic E-state index is -4.20. The average molecular weight is 901 g/mol. The van der Waals surface area contributed by atoms with Gasteiger partial charge in [-0.25, -0.2) is 16.8 Å². The van der Waals surface area contributed by atoms with Gasteiger partial charge in [0.25, 0.3) is 20.0 Å². The fourth-order valence-corrected chi connectivity index (χ4v) is 9.54. The molecule has 3 rings (SSSR count). The van der Waals surface area contributed by atoms with E-state index in [4.69, 9.17) is 11.6 Å². The van der Waals surface area contributed by atoms with Gasteiger partial charge in [0, 0.05) is 5.41 Å². The maximum atomic E-state index is 13.7. The molecule has 0 saturated carbocycles. The zero-order valence-corrected chi connectivity index (χ0v) is 40.1. The Hall–Kier alpha value is -3.41. The van der Waals surface area contributed by atoms with Crippen molar-refractivity contribution in [2.45, 2.75) is 192 Å². The van der Waals surface area contributed by atoms with E-state index in [2.05, 4.69) is 28.6 Å². The number of sulfonamides is 2. The largest absolute Gasteiger partial charge is 0.324 e. The zero-order valence-electron chi connectivity index (χ0n) is 37.7. The molecule has 12 heteroatoms. The Morgan fingerprint density at radius 2 is 0.885 bits per heavy atom. The van der Waals surface area contributed by atoms with E-state index in [-0.39, 0.29) is 37.7 Å². The van der Waals surface area contributed by atoms with Gasteiger partial charge in [-0.1, -0.05) is 186 Å². The van der Waals surface area contributed by atoms with Gasteiger partial charge in [-0.2, -0.15) is 0 Å². The molecule has 0 aliphatic carbocycles. The highest BCUT2D eigenvalue weighted by Gasteiger charge is 2.26. The predicted octanol–water partition coefficient (Wildman–Crippen LogP) is 13.8. The summed E-state index contributed by atoms with van der Waals surface area (Å²) in [6.45, 7) is 9.57. The number of ketones is 1. The molecule has 0 aliphatic rings. The number of amides is 1. The van der Waals surface area contributed by atoms with Gasteiger partial charge in [0.05, 0.1) is 38.3 Å². The van der Waals surface area contributed by atoms with Gasteiger partial charge < -0.3 is 5.32 Å². The molecule has 0 heterocycles. The molecule has 0 aliphatic heterocycles. The Balaban J connectivity index is 1.69. The Morgan fingerprint density at radius 3 is 1.28 bits per heavy atom. The molecule has 0 bridgehead atoms. The molecule has 0 aromatic heterocycles. The van der Waals surface area contributed by atoms with Crippen LogP contribution in [0.1, 0.15) is 181 Å². The van der Waals surface area contributed by atoms with Crippen LogP contribution in [-0.2, 0) is 42.5 Å². The van der Waals surface area contributed by atoms with Crippen molar-refractivity contribution in [1.82, 2.24) is 0 Å². The fraction of sp³-hybridized carbons (Fsp3) is 0.592. The van der Waals surface area contributed by atoms with Gasteiger partial charge in [0.15, 0.2) is 0 Å². The number of nitrogens with one attached hydrogen (secondary N) is 3. The van der Waals surface area contributed by atoms with Crippen molar-refractivity contribution in [1.29, 1.82) is 0 Å². The van der Waals surface area contributed by atoms with Crippen LogP contribution in [0, 0.1) is 5.41 Å². The molecule has 1 amide bonds. The summed E-state index contributed by atoms with van der Waals surface area (Å²) in [5.74, 6) is -0.987. The predicted molar refractivity (Wildman–Crippen MR) is 255 cm³/mol. The Morgan fingerprint density at radius 1 is 0.525 bits per heavy atom. The van der Waals surface area contributed by atoms with Gasteiger partial charge in [-0.3, -0.25) is 19.0 Å². The van der Waals surface area contributed by atoms with Crippen LogP contribution in [0.25, 0.3) is 0 Å². The van der Waals surface area contributed by atoms with Crippen LogP contribution < -0.4 is 14.8 Å². The zero-order chi connectivity index (χ0) is 44.7. The lowest BCUT2D eigenvalue weighted by Gasteiger charge is -2.18. The lowest BCUT2D eigenvalue weighted by molar-refractivity contribution is -0.130. The van der Waals surface area contributed by atoms with Crippen molar-refractivity contribution < 1.29 is 26.4 Å². The highest BCUT2D eigenvalue weighted by atomic mass is 35.5. The molecule has 3 N–H and O–H groups in total. The van der Waals surface area contributed by atoms with Crippen LogP contribution in [0.2, 0.25) is 5.02 Å². The third-order valence-corrected chi connectivity index (χ3v) is 14.3. The minimum Gasteiger partial charge on any atom is -0.324 e. The van der Waals surface area contributed by atoms with E-state index in [0.29, 0.717) is 0 Å². The summed E-state index contributed by atoms with van der Waals surface area (Å²) >= 11 is 6.70. The van der Waals surface area contributed by atoms with Crippen molar-refractivity contribution in [3.63, 3.8) is 0 Å². The number of anilines is 3. The van der Waals surface area contributed by atoms with Crippen molar-refractivity contribution >= 4 is 60.4 Å². The first kappa shape index (κ1) is 51.9. The second kappa shape index (κ2) is 26.9. The van der Waals surface area contributed by atoms with E-state index in [1.807, 2.05) is 12.1 Å².